The smallest absolute Gasteiger partial charge is 0.256 e. The average molecular weight is 334 g/mol. The molecule has 0 bridgehead atoms. The van der Waals surface area contributed by atoms with E-state index < -0.39 is 5.60 Å². The maximum atomic E-state index is 12.4. The van der Waals surface area contributed by atoms with Gasteiger partial charge in [-0.1, -0.05) is 19.9 Å². The van der Waals surface area contributed by atoms with Crippen LogP contribution in [0.2, 0.25) is 0 Å². The molecular weight excluding hydrogens is 312 g/mol. The van der Waals surface area contributed by atoms with Gasteiger partial charge in [-0.15, -0.1) is 11.3 Å². The van der Waals surface area contributed by atoms with Crippen molar-refractivity contribution >= 4 is 17.2 Å². The zero-order chi connectivity index (χ0) is 16.9. The molecule has 1 unspecified atom stereocenters. The molecule has 23 heavy (non-hydrogen) atoms. The first-order valence-corrected chi connectivity index (χ1v) is 8.40. The van der Waals surface area contributed by atoms with Gasteiger partial charge in [-0.3, -0.25) is 4.79 Å². The van der Waals surface area contributed by atoms with Crippen molar-refractivity contribution in [1.82, 2.24) is 10.3 Å². The summed E-state index contributed by atoms with van der Waals surface area (Å²) in [6.45, 7) is 6.34. The Morgan fingerprint density at radius 2 is 2.22 bits per heavy atom. The highest BCUT2D eigenvalue weighted by atomic mass is 32.1. The molecule has 0 radical (unpaired) electrons. The number of carbonyl (C=O) groups excluding carboxylic acids is 1. The van der Waals surface area contributed by atoms with Crippen LogP contribution in [0.1, 0.15) is 36.0 Å². The second-order valence-corrected chi connectivity index (χ2v) is 6.94. The number of aliphatic hydroxyl groups is 1. The van der Waals surface area contributed by atoms with Crippen LogP contribution in [0.4, 0.5) is 0 Å². The van der Waals surface area contributed by atoms with Crippen molar-refractivity contribution in [3.05, 3.63) is 46.3 Å². The van der Waals surface area contributed by atoms with E-state index in [2.05, 4.69) is 10.3 Å². The lowest BCUT2D eigenvalue weighted by Gasteiger charge is -2.22. The van der Waals surface area contributed by atoms with Gasteiger partial charge in [0, 0.05) is 11.1 Å². The molecule has 1 amide bonds. The van der Waals surface area contributed by atoms with Crippen LogP contribution in [-0.2, 0) is 5.60 Å². The van der Waals surface area contributed by atoms with Crippen LogP contribution < -0.4 is 10.1 Å². The summed E-state index contributed by atoms with van der Waals surface area (Å²) in [6, 6.07) is 7.07. The molecule has 2 rings (SSSR count). The number of ether oxygens (including phenoxy) is 1. The Morgan fingerprint density at radius 3 is 2.87 bits per heavy atom. The third kappa shape index (κ3) is 4.77. The second kappa shape index (κ2) is 7.57. The molecule has 5 nitrogen and oxygen atoms in total. The monoisotopic (exact) mass is 334 g/mol. The lowest BCUT2D eigenvalue weighted by molar-refractivity contribution is 0.0555. The summed E-state index contributed by atoms with van der Waals surface area (Å²) in [4.78, 5) is 17.3. The average Bonchev–Trinajstić information content (AvgIpc) is 3.06. The van der Waals surface area contributed by atoms with Crippen LogP contribution in [0.3, 0.4) is 0 Å². The molecular formula is C17H22N2O3S. The SMILES string of the molecule is CC(C)COc1ncccc1C(=O)NCC(C)(O)c1cccs1. The molecule has 0 spiro atoms. The first-order chi connectivity index (χ1) is 10.9. The summed E-state index contributed by atoms with van der Waals surface area (Å²) in [6.07, 6.45) is 1.59. The molecule has 0 saturated heterocycles. The highest BCUT2D eigenvalue weighted by molar-refractivity contribution is 7.10. The normalized spacial score (nSPS) is 13.6. The fourth-order valence-corrected chi connectivity index (χ4v) is 2.73. The number of pyridine rings is 1. The predicted octanol–water partition coefficient (Wildman–Crippen LogP) is 2.82. The molecule has 2 aromatic rings. The standard InChI is InChI=1S/C17H22N2O3S/c1-12(2)10-22-16-13(6-4-8-18-16)15(20)19-11-17(3,21)14-7-5-9-23-14/h4-9,12,21H,10-11H2,1-3H3,(H,19,20). The lowest BCUT2D eigenvalue weighted by atomic mass is 10.1. The summed E-state index contributed by atoms with van der Waals surface area (Å²) in [7, 11) is 0. The number of carbonyl (C=O) groups is 1. The number of amides is 1. The molecule has 2 N–H and O–H groups in total. The Morgan fingerprint density at radius 1 is 1.43 bits per heavy atom. The molecule has 6 heteroatoms. The molecule has 0 aliphatic heterocycles. The Hall–Kier alpha value is -1.92. The van der Waals surface area contributed by atoms with Crippen molar-refractivity contribution in [2.45, 2.75) is 26.4 Å². The van der Waals surface area contributed by atoms with Crippen LogP contribution >= 0.6 is 11.3 Å². The maximum absolute atomic E-state index is 12.4. The van der Waals surface area contributed by atoms with E-state index in [1.54, 1.807) is 25.3 Å². The van der Waals surface area contributed by atoms with E-state index in [9.17, 15) is 9.90 Å². The summed E-state index contributed by atoms with van der Waals surface area (Å²) in [5.74, 6) is 0.343. The number of thiophene rings is 1. The second-order valence-electron chi connectivity index (χ2n) is 5.99. The minimum Gasteiger partial charge on any atom is -0.477 e. The van der Waals surface area contributed by atoms with Crippen molar-refractivity contribution in [3.63, 3.8) is 0 Å². The summed E-state index contributed by atoms with van der Waals surface area (Å²) < 4.78 is 5.59. The van der Waals surface area contributed by atoms with E-state index in [0.717, 1.165) is 4.88 Å². The number of nitrogens with zero attached hydrogens (tertiary/aromatic N) is 1. The third-order valence-electron chi connectivity index (χ3n) is 3.21. The van der Waals surface area contributed by atoms with E-state index in [-0.39, 0.29) is 12.5 Å². The first kappa shape index (κ1) is 17.4. The van der Waals surface area contributed by atoms with Crippen LogP contribution in [-0.4, -0.2) is 29.1 Å². The van der Waals surface area contributed by atoms with Gasteiger partial charge in [-0.25, -0.2) is 4.98 Å². The number of aromatic nitrogens is 1. The van der Waals surface area contributed by atoms with Crippen LogP contribution in [0.25, 0.3) is 0 Å². The van der Waals surface area contributed by atoms with Gasteiger partial charge in [0.1, 0.15) is 11.2 Å². The molecule has 0 aliphatic carbocycles. The van der Waals surface area contributed by atoms with Crippen molar-refractivity contribution in [1.29, 1.82) is 0 Å². The van der Waals surface area contributed by atoms with Gasteiger partial charge in [0.15, 0.2) is 0 Å². The van der Waals surface area contributed by atoms with Gasteiger partial charge in [0.2, 0.25) is 5.88 Å². The van der Waals surface area contributed by atoms with Gasteiger partial charge >= 0.3 is 0 Å². The lowest BCUT2D eigenvalue weighted by Crippen LogP contribution is -2.38. The van der Waals surface area contributed by atoms with Gasteiger partial charge in [-0.2, -0.15) is 0 Å². The topological polar surface area (TPSA) is 71.5 Å². The Bertz CT molecular complexity index is 639. The van der Waals surface area contributed by atoms with Crippen LogP contribution in [0.15, 0.2) is 35.8 Å². The highest BCUT2D eigenvalue weighted by Crippen LogP contribution is 2.24. The predicted molar refractivity (Wildman–Crippen MR) is 90.8 cm³/mol. The fourth-order valence-electron chi connectivity index (χ4n) is 1.94. The summed E-state index contributed by atoms with van der Waals surface area (Å²) in [5.41, 5.74) is -0.736. The quantitative estimate of drug-likeness (QED) is 0.817. The van der Waals surface area contributed by atoms with E-state index in [4.69, 9.17) is 4.74 Å². The van der Waals surface area contributed by atoms with E-state index in [1.165, 1.54) is 11.3 Å². The fraction of sp³-hybridized carbons (Fsp3) is 0.412. The number of nitrogens with one attached hydrogen (secondary N) is 1. The highest BCUT2D eigenvalue weighted by Gasteiger charge is 2.25. The van der Waals surface area contributed by atoms with E-state index in [0.29, 0.717) is 24.0 Å². The summed E-state index contributed by atoms with van der Waals surface area (Å²) in [5, 5.41) is 15.1. The molecule has 0 saturated carbocycles. The van der Waals surface area contributed by atoms with E-state index in [1.807, 2.05) is 31.4 Å². The minimum absolute atomic E-state index is 0.116. The Balaban J connectivity index is 2.03. The molecule has 124 valence electrons. The van der Waals surface area contributed by atoms with Crippen molar-refractivity contribution in [2.75, 3.05) is 13.2 Å². The maximum Gasteiger partial charge on any atom is 0.256 e. The zero-order valence-corrected chi connectivity index (χ0v) is 14.4. The molecule has 0 aliphatic rings. The molecule has 1 atom stereocenters. The van der Waals surface area contributed by atoms with Gasteiger partial charge in [0.05, 0.1) is 13.2 Å². The van der Waals surface area contributed by atoms with Gasteiger partial charge in [-0.05, 0) is 36.4 Å². The van der Waals surface area contributed by atoms with Crippen molar-refractivity contribution in [3.8, 4) is 5.88 Å². The largest absolute Gasteiger partial charge is 0.477 e. The van der Waals surface area contributed by atoms with Crippen LogP contribution in [0, 0.1) is 5.92 Å². The zero-order valence-electron chi connectivity index (χ0n) is 13.6. The molecule has 2 heterocycles. The van der Waals surface area contributed by atoms with Crippen LogP contribution in [0.5, 0.6) is 5.88 Å². The molecule has 2 aromatic heterocycles. The van der Waals surface area contributed by atoms with E-state index >= 15 is 0 Å². The number of rotatable bonds is 7. The Kier molecular flexibility index (Phi) is 5.74. The Labute approximate surface area is 140 Å². The molecule has 0 fully saturated rings. The van der Waals surface area contributed by atoms with Gasteiger partial charge < -0.3 is 15.2 Å². The van der Waals surface area contributed by atoms with Crippen molar-refractivity contribution < 1.29 is 14.6 Å². The number of hydrogen-bond donors (Lipinski definition) is 2. The van der Waals surface area contributed by atoms with Crippen molar-refractivity contribution in [2.24, 2.45) is 5.92 Å². The van der Waals surface area contributed by atoms with Gasteiger partial charge in [0.25, 0.3) is 5.91 Å². The molecule has 0 aromatic carbocycles. The first-order valence-electron chi connectivity index (χ1n) is 7.52. The summed E-state index contributed by atoms with van der Waals surface area (Å²) >= 11 is 1.45. The third-order valence-corrected chi connectivity index (χ3v) is 4.34. The minimum atomic E-state index is -1.11. The number of hydrogen-bond acceptors (Lipinski definition) is 5.